The van der Waals surface area contributed by atoms with Crippen molar-refractivity contribution in [3.8, 4) is 0 Å². The molecule has 0 spiro atoms. The molecule has 1 aliphatic rings. The van der Waals surface area contributed by atoms with Gasteiger partial charge >= 0.3 is 0 Å². The Bertz CT molecular complexity index is 190. The molecule has 0 saturated carbocycles. The molecule has 0 amide bonds. The normalized spacial score (nSPS) is 24.7. The van der Waals surface area contributed by atoms with Crippen LogP contribution in [0.3, 0.4) is 0 Å². The molecule has 0 aromatic heterocycles. The van der Waals surface area contributed by atoms with Crippen LogP contribution in [0.5, 0.6) is 0 Å². The van der Waals surface area contributed by atoms with Crippen LogP contribution in [-0.4, -0.2) is 49.5 Å². The highest BCUT2D eigenvalue weighted by molar-refractivity contribution is 8.00. The van der Waals surface area contributed by atoms with Crippen molar-refractivity contribution >= 4 is 11.8 Å². The molecular weight excluding hydrogens is 234 g/mol. The molecule has 17 heavy (non-hydrogen) atoms. The van der Waals surface area contributed by atoms with Crippen LogP contribution >= 0.6 is 11.8 Å². The van der Waals surface area contributed by atoms with Gasteiger partial charge in [-0.25, -0.2) is 0 Å². The predicted molar refractivity (Wildman–Crippen MR) is 74.9 cm³/mol. The topological polar surface area (TPSA) is 30.5 Å². The van der Waals surface area contributed by atoms with Crippen LogP contribution in [0.2, 0.25) is 0 Å². The van der Waals surface area contributed by atoms with Crippen molar-refractivity contribution in [2.75, 3.05) is 32.1 Å². The molecule has 0 aromatic carbocycles. The maximum Gasteiger partial charge on any atom is 0.0666 e. The van der Waals surface area contributed by atoms with Gasteiger partial charge in [0.05, 0.1) is 12.2 Å². The lowest BCUT2D eigenvalue weighted by molar-refractivity contribution is 0.0772. The smallest absolute Gasteiger partial charge is 0.0666 e. The largest absolute Gasteiger partial charge is 0.379 e. The van der Waals surface area contributed by atoms with Gasteiger partial charge in [-0.2, -0.15) is 11.8 Å². The van der Waals surface area contributed by atoms with Crippen LogP contribution in [0.4, 0.5) is 0 Å². The molecule has 0 aromatic rings. The van der Waals surface area contributed by atoms with Gasteiger partial charge in [-0.15, -0.1) is 0 Å². The van der Waals surface area contributed by atoms with Crippen LogP contribution in [0.25, 0.3) is 0 Å². The van der Waals surface area contributed by atoms with E-state index in [1.54, 1.807) is 0 Å². The molecule has 1 heterocycles. The summed E-state index contributed by atoms with van der Waals surface area (Å²) in [5, 5.41) is 4.17. The Labute approximate surface area is 110 Å². The summed E-state index contributed by atoms with van der Waals surface area (Å²) in [7, 11) is 0. The van der Waals surface area contributed by atoms with Crippen LogP contribution in [0.15, 0.2) is 0 Å². The summed E-state index contributed by atoms with van der Waals surface area (Å²) in [6.45, 7) is 10.3. The molecule has 0 radical (unpaired) electrons. The highest BCUT2D eigenvalue weighted by Crippen LogP contribution is 2.25. The average molecular weight is 261 g/mol. The summed E-state index contributed by atoms with van der Waals surface area (Å²) in [6.07, 6.45) is 3.12. The van der Waals surface area contributed by atoms with Gasteiger partial charge in [0.2, 0.25) is 0 Å². The van der Waals surface area contributed by atoms with E-state index >= 15 is 0 Å². The van der Waals surface area contributed by atoms with Gasteiger partial charge in [-0.1, -0.05) is 0 Å². The van der Waals surface area contributed by atoms with Gasteiger partial charge < -0.3 is 14.8 Å². The molecule has 1 rings (SSSR count). The fourth-order valence-electron chi connectivity index (χ4n) is 1.85. The fraction of sp³-hybridized carbons (Fsp3) is 1.00. The summed E-state index contributed by atoms with van der Waals surface area (Å²) in [5.74, 6) is 1.18. The molecule has 1 saturated heterocycles. The van der Waals surface area contributed by atoms with Gasteiger partial charge in [0.25, 0.3) is 0 Å². The van der Waals surface area contributed by atoms with Crippen LogP contribution in [0.1, 0.15) is 33.6 Å². The molecule has 1 fully saturated rings. The van der Waals surface area contributed by atoms with Crippen molar-refractivity contribution in [1.29, 1.82) is 0 Å². The molecule has 2 unspecified atom stereocenters. The second-order valence-corrected chi connectivity index (χ2v) is 6.14. The Morgan fingerprint density at radius 3 is 2.88 bits per heavy atom. The zero-order valence-electron chi connectivity index (χ0n) is 11.4. The monoisotopic (exact) mass is 261 g/mol. The Hall–Kier alpha value is 0.230. The summed E-state index contributed by atoms with van der Waals surface area (Å²) in [6, 6.07) is 0. The molecule has 3 nitrogen and oxygen atoms in total. The Morgan fingerprint density at radius 1 is 1.41 bits per heavy atom. The minimum Gasteiger partial charge on any atom is -0.379 e. The maximum atomic E-state index is 5.54. The van der Waals surface area contributed by atoms with Crippen molar-refractivity contribution in [3.63, 3.8) is 0 Å². The lowest BCUT2D eigenvalue weighted by atomic mass is 10.3. The minimum absolute atomic E-state index is 0.356. The SMILES string of the molecule is CC(C)OCCCNCCSC1CCOC1C. The zero-order valence-corrected chi connectivity index (χ0v) is 12.2. The number of ether oxygens (including phenoxy) is 2. The summed E-state index contributed by atoms with van der Waals surface area (Å²) >= 11 is 2.04. The third kappa shape index (κ3) is 7.29. The third-order valence-corrected chi connectivity index (χ3v) is 4.35. The first-order valence-corrected chi connectivity index (χ1v) is 7.80. The molecule has 1 aliphatic heterocycles. The van der Waals surface area contributed by atoms with Crippen molar-refractivity contribution in [2.24, 2.45) is 0 Å². The standard InChI is InChI=1S/C13H27NO2S/c1-11(2)15-8-4-6-14-7-10-17-13-5-9-16-12(13)3/h11-14H,4-10H2,1-3H3. The van der Waals surface area contributed by atoms with Gasteiger partial charge in [-0.3, -0.25) is 0 Å². The molecule has 4 heteroatoms. The first kappa shape index (κ1) is 15.3. The third-order valence-electron chi connectivity index (χ3n) is 2.87. The minimum atomic E-state index is 0.356. The Kier molecular flexibility index (Phi) is 8.27. The second-order valence-electron chi connectivity index (χ2n) is 4.80. The summed E-state index contributed by atoms with van der Waals surface area (Å²) < 4.78 is 11.0. The van der Waals surface area contributed by atoms with E-state index in [9.17, 15) is 0 Å². The maximum absolute atomic E-state index is 5.54. The highest BCUT2D eigenvalue weighted by atomic mass is 32.2. The van der Waals surface area contributed by atoms with Crippen molar-refractivity contribution in [1.82, 2.24) is 5.32 Å². The van der Waals surface area contributed by atoms with E-state index < -0.39 is 0 Å². The van der Waals surface area contributed by atoms with Gasteiger partial charge in [0.1, 0.15) is 0 Å². The highest BCUT2D eigenvalue weighted by Gasteiger charge is 2.23. The Morgan fingerprint density at radius 2 is 2.24 bits per heavy atom. The number of rotatable bonds is 9. The van der Waals surface area contributed by atoms with E-state index in [1.807, 2.05) is 11.8 Å². The van der Waals surface area contributed by atoms with E-state index in [0.717, 1.165) is 32.7 Å². The van der Waals surface area contributed by atoms with Crippen LogP contribution in [-0.2, 0) is 9.47 Å². The summed E-state index contributed by atoms with van der Waals surface area (Å²) in [5.41, 5.74) is 0. The van der Waals surface area contributed by atoms with Gasteiger partial charge in [0.15, 0.2) is 0 Å². The summed E-state index contributed by atoms with van der Waals surface area (Å²) in [4.78, 5) is 0. The number of thioether (sulfide) groups is 1. The predicted octanol–water partition coefficient (Wildman–Crippen LogP) is 2.30. The number of hydrogen-bond donors (Lipinski definition) is 1. The van der Waals surface area contributed by atoms with E-state index in [-0.39, 0.29) is 0 Å². The fourth-order valence-corrected chi connectivity index (χ4v) is 3.03. The van der Waals surface area contributed by atoms with Gasteiger partial charge in [-0.05, 0) is 40.2 Å². The van der Waals surface area contributed by atoms with Crippen molar-refractivity contribution in [2.45, 2.75) is 51.1 Å². The molecule has 0 aliphatic carbocycles. The molecule has 102 valence electrons. The van der Waals surface area contributed by atoms with Crippen LogP contribution in [0, 0.1) is 0 Å². The van der Waals surface area contributed by atoms with Crippen molar-refractivity contribution in [3.05, 3.63) is 0 Å². The molecule has 0 bridgehead atoms. The molecule has 1 N–H and O–H groups in total. The molecular formula is C13H27NO2S. The zero-order chi connectivity index (χ0) is 12.5. The average Bonchev–Trinajstić information content (AvgIpc) is 2.68. The van der Waals surface area contributed by atoms with E-state index in [2.05, 4.69) is 26.1 Å². The number of hydrogen-bond acceptors (Lipinski definition) is 4. The van der Waals surface area contributed by atoms with E-state index in [0.29, 0.717) is 17.5 Å². The lowest BCUT2D eigenvalue weighted by Gasteiger charge is -2.13. The van der Waals surface area contributed by atoms with E-state index in [4.69, 9.17) is 9.47 Å². The first-order chi connectivity index (χ1) is 8.20. The Balaban J connectivity index is 1.81. The first-order valence-electron chi connectivity index (χ1n) is 6.75. The van der Waals surface area contributed by atoms with E-state index in [1.165, 1.54) is 12.2 Å². The number of nitrogens with one attached hydrogen (secondary N) is 1. The molecule has 2 atom stereocenters. The lowest BCUT2D eigenvalue weighted by Crippen LogP contribution is -2.22. The van der Waals surface area contributed by atoms with Crippen molar-refractivity contribution < 1.29 is 9.47 Å². The van der Waals surface area contributed by atoms with Crippen LogP contribution < -0.4 is 5.32 Å². The quantitative estimate of drug-likeness (QED) is 0.645. The van der Waals surface area contributed by atoms with Gasteiger partial charge in [0, 0.05) is 30.8 Å². The second kappa shape index (κ2) is 9.20.